The first-order chi connectivity index (χ1) is 12.4. The van der Waals surface area contributed by atoms with Gasteiger partial charge in [0.05, 0.1) is 11.2 Å². The fourth-order valence-corrected chi connectivity index (χ4v) is 1.99. The Kier molecular flexibility index (Phi) is 6.04. The monoisotopic (exact) mass is 361 g/mol. The predicted octanol–water partition coefficient (Wildman–Crippen LogP) is 1.41. The number of carbonyl (C=O) groups excluding carboxylic acids is 3. The predicted molar refractivity (Wildman–Crippen MR) is 88.5 cm³/mol. The number of benzene rings is 1. The number of ether oxygens (including phenoxy) is 1. The zero-order valence-electron chi connectivity index (χ0n) is 13.7. The van der Waals surface area contributed by atoms with E-state index in [-0.39, 0.29) is 17.1 Å². The lowest BCUT2D eigenvalue weighted by Gasteiger charge is -2.09. The van der Waals surface area contributed by atoms with Crippen LogP contribution < -0.4 is 10.6 Å². The molecule has 0 bridgehead atoms. The smallest absolute Gasteiger partial charge is 0.325 e. The molecule has 10 nitrogen and oxygen atoms in total. The van der Waals surface area contributed by atoms with Crippen LogP contribution in [0.4, 0.5) is 11.4 Å². The molecule has 0 aliphatic heterocycles. The third kappa shape index (κ3) is 4.90. The molecule has 2 N–H and O–H groups in total. The van der Waals surface area contributed by atoms with E-state index in [0.29, 0.717) is 5.56 Å². The number of furan rings is 1. The van der Waals surface area contributed by atoms with Crippen molar-refractivity contribution in [2.24, 2.45) is 0 Å². The summed E-state index contributed by atoms with van der Waals surface area (Å²) in [6, 6.07) is 7.27. The summed E-state index contributed by atoms with van der Waals surface area (Å²) in [5.74, 6) is -2.17. The zero-order chi connectivity index (χ0) is 19.1. The van der Waals surface area contributed by atoms with Gasteiger partial charge in [-0.25, -0.2) is 0 Å². The average molecular weight is 361 g/mol. The molecule has 0 radical (unpaired) electrons. The maximum atomic E-state index is 11.9. The highest BCUT2D eigenvalue weighted by Gasteiger charge is 2.18. The minimum absolute atomic E-state index is 0.0300. The molecule has 0 fully saturated rings. The second-order valence-electron chi connectivity index (χ2n) is 5.09. The van der Waals surface area contributed by atoms with Crippen LogP contribution in [0.25, 0.3) is 0 Å². The number of anilines is 1. The Labute approximate surface area is 147 Å². The van der Waals surface area contributed by atoms with Crippen LogP contribution in [0.5, 0.6) is 0 Å². The number of carbonyl (C=O) groups is 3. The van der Waals surface area contributed by atoms with Gasteiger partial charge in [-0.05, 0) is 24.6 Å². The number of nitro groups is 1. The summed E-state index contributed by atoms with van der Waals surface area (Å²) in [5.41, 5.74) is 0.254. The van der Waals surface area contributed by atoms with Crippen LogP contribution in [0.1, 0.15) is 16.1 Å². The fraction of sp³-hybridized carbons (Fsp3) is 0.188. The summed E-state index contributed by atoms with van der Waals surface area (Å²) in [4.78, 5) is 45.4. The summed E-state index contributed by atoms with van der Waals surface area (Å²) in [5, 5.41) is 15.6. The number of esters is 1. The highest BCUT2D eigenvalue weighted by molar-refractivity contribution is 5.96. The lowest BCUT2D eigenvalue weighted by molar-refractivity contribution is -0.384. The van der Waals surface area contributed by atoms with E-state index in [0.717, 1.165) is 0 Å². The van der Waals surface area contributed by atoms with Crippen molar-refractivity contribution in [3.05, 3.63) is 58.0 Å². The SMILES string of the molecule is Cc1cccc([N+](=O)[O-])c1NC(=O)COC(=O)CNC(=O)c1ccco1. The Hall–Kier alpha value is -3.69. The summed E-state index contributed by atoms with van der Waals surface area (Å²) in [7, 11) is 0. The standard InChI is InChI=1S/C16H15N3O7/c1-10-4-2-5-11(19(23)24)15(10)18-13(20)9-26-14(21)8-17-16(22)12-6-3-7-25-12/h2-7H,8-9H2,1H3,(H,17,22)(H,18,20). The van der Waals surface area contributed by atoms with Crippen molar-refractivity contribution < 1.29 is 28.5 Å². The lowest BCUT2D eigenvalue weighted by Crippen LogP contribution is -2.32. The van der Waals surface area contributed by atoms with Gasteiger partial charge in [0.1, 0.15) is 12.2 Å². The van der Waals surface area contributed by atoms with Crippen molar-refractivity contribution in [2.75, 3.05) is 18.5 Å². The van der Waals surface area contributed by atoms with E-state index in [1.165, 1.54) is 30.5 Å². The molecule has 0 saturated carbocycles. The minimum atomic E-state index is -0.848. The highest BCUT2D eigenvalue weighted by atomic mass is 16.6. The van der Waals surface area contributed by atoms with Gasteiger partial charge < -0.3 is 19.8 Å². The third-order valence-corrected chi connectivity index (χ3v) is 3.21. The molecule has 1 aromatic carbocycles. The Morgan fingerprint density at radius 1 is 1.23 bits per heavy atom. The van der Waals surface area contributed by atoms with Gasteiger partial charge in [0.15, 0.2) is 12.4 Å². The molecule has 136 valence electrons. The topological polar surface area (TPSA) is 141 Å². The Bertz CT molecular complexity index is 830. The Morgan fingerprint density at radius 3 is 2.65 bits per heavy atom. The molecule has 0 aliphatic rings. The van der Waals surface area contributed by atoms with Crippen molar-refractivity contribution >= 4 is 29.2 Å². The van der Waals surface area contributed by atoms with Crippen LogP contribution in [0.2, 0.25) is 0 Å². The molecule has 26 heavy (non-hydrogen) atoms. The number of aryl methyl sites for hydroxylation is 1. The number of hydrogen-bond donors (Lipinski definition) is 2. The fourth-order valence-electron chi connectivity index (χ4n) is 1.99. The molecule has 2 rings (SSSR count). The molecule has 0 aliphatic carbocycles. The van der Waals surface area contributed by atoms with Gasteiger partial charge in [-0.15, -0.1) is 0 Å². The van der Waals surface area contributed by atoms with Crippen LogP contribution in [0.3, 0.4) is 0 Å². The summed E-state index contributed by atoms with van der Waals surface area (Å²) in [6.45, 7) is 0.483. The van der Waals surface area contributed by atoms with Crippen LogP contribution >= 0.6 is 0 Å². The lowest BCUT2D eigenvalue weighted by atomic mass is 10.1. The van der Waals surface area contributed by atoms with E-state index in [1.807, 2.05) is 0 Å². The van der Waals surface area contributed by atoms with Crippen molar-refractivity contribution in [2.45, 2.75) is 6.92 Å². The number of rotatable bonds is 7. The van der Waals surface area contributed by atoms with E-state index >= 15 is 0 Å². The number of amides is 2. The molecule has 1 aromatic heterocycles. The van der Waals surface area contributed by atoms with Crippen LogP contribution in [-0.2, 0) is 14.3 Å². The van der Waals surface area contributed by atoms with Crippen molar-refractivity contribution in [3.8, 4) is 0 Å². The van der Waals surface area contributed by atoms with Gasteiger partial charge in [-0.3, -0.25) is 24.5 Å². The summed E-state index contributed by atoms with van der Waals surface area (Å²) < 4.78 is 9.57. The minimum Gasteiger partial charge on any atom is -0.459 e. The molecule has 0 saturated heterocycles. The van der Waals surface area contributed by atoms with Gasteiger partial charge in [0.2, 0.25) is 0 Å². The molecule has 2 aromatic rings. The van der Waals surface area contributed by atoms with E-state index in [2.05, 4.69) is 10.6 Å². The van der Waals surface area contributed by atoms with Crippen LogP contribution in [0, 0.1) is 17.0 Å². The molecule has 10 heteroatoms. The first-order valence-electron chi connectivity index (χ1n) is 7.39. The molecule has 0 atom stereocenters. The largest absolute Gasteiger partial charge is 0.459 e. The quantitative estimate of drug-likeness (QED) is 0.431. The molecular weight excluding hydrogens is 346 g/mol. The van der Waals surface area contributed by atoms with E-state index in [9.17, 15) is 24.5 Å². The van der Waals surface area contributed by atoms with Gasteiger partial charge >= 0.3 is 5.97 Å². The first kappa shape index (κ1) is 18.6. The molecule has 2 amide bonds. The normalized spacial score (nSPS) is 10.0. The Balaban J connectivity index is 1.83. The van der Waals surface area contributed by atoms with Gasteiger partial charge in [0, 0.05) is 6.07 Å². The highest BCUT2D eigenvalue weighted by Crippen LogP contribution is 2.27. The van der Waals surface area contributed by atoms with Crippen LogP contribution in [0.15, 0.2) is 41.0 Å². The molecule has 1 heterocycles. The molecule has 0 spiro atoms. The van der Waals surface area contributed by atoms with Gasteiger partial charge in [-0.2, -0.15) is 0 Å². The maximum absolute atomic E-state index is 11.9. The van der Waals surface area contributed by atoms with Crippen molar-refractivity contribution in [1.82, 2.24) is 5.32 Å². The third-order valence-electron chi connectivity index (χ3n) is 3.21. The number of nitrogens with zero attached hydrogens (tertiary/aromatic N) is 1. The van der Waals surface area contributed by atoms with E-state index in [4.69, 9.17) is 9.15 Å². The maximum Gasteiger partial charge on any atom is 0.325 e. The van der Waals surface area contributed by atoms with Gasteiger partial charge in [0.25, 0.3) is 17.5 Å². The summed E-state index contributed by atoms with van der Waals surface area (Å²) >= 11 is 0. The first-order valence-corrected chi connectivity index (χ1v) is 7.39. The second-order valence-corrected chi connectivity index (χ2v) is 5.09. The zero-order valence-corrected chi connectivity index (χ0v) is 13.7. The molecular formula is C16H15N3O7. The number of para-hydroxylation sites is 1. The van der Waals surface area contributed by atoms with Crippen molar-refractivity contribution in [3.63, 3.8) is 0 Å². The average Bonchev–Trinajstić information content (AvgIpc) is 3.14. The Morgan fingerprint density at radius 2 is 2.00 bits per heavy atom. The van der Waals surface area contributed by atoms with E-state index in [1.54, 1.807) is 13.0 Å². The van der Waals surface area contributed by atoms with Crippen LogP contribution in [-0.4, -0.2) is 35.9 Å². The molecule has 0 unspecified atom stereocenters. The number of nitrogens with one attached hydrogen (secondary N) is 2. The second kappa shape index (κ2) is 8.42. The number of nitro benzene ring substituents is 1. The van der Waals surface area contributed by atoms with E-state index < -0.39 is 35.9 Å². The van der Waals surface area contributed by atoms with Gasteiger partial charge in [-0.1, -0.05) is 12.1 Å². The summed E-state index contributed by atoms with van der Waals surface area (Å²) in [6.07, 6.45) is 1.31. The number of hydrogen-bond acceptors (Lipinski definition) is 7. The van der Waals surface area contributed by atoms with Crippen molar-refractivity contribution in [1.29, 1.82) is 0 Å².